The van der Waals surface area contributed by atoms with Crippen molar-refractivity contribution in [2.24, 2.45) is 0 Å². The number of aromatic nitrogens is 2. The third-order valence-corrected chi connectivity index (χ3v) is 4.91. The van der Waals surface area contributed by atoms with Crippen molar-refractivity contribution >= 4 is 46.9 Å². The molecule has 0 aliphatic heterocycles. The zero-order valence-corrected chi connectivity index (χ0v) is 17.1. The van der Waals surface area contributed by atoms with Crippen molar-refractivity contribution in [3.63, 3.8) is 0 Å². The van der Waals surface area contributed by atoms with E-state index in [2.05, 4.69) is 53.9 Å². The van der Waals surface area contributed by atoms with E-state index in [9.17, 15) is 0 Å². The van der Waals surface area contributed by atoms with Gasteiger partial charge in [0.1, 0.15) is 18.0 Å². The predicted octanol–water partition coefficient (Wildman–Crippen LogP) is 4.76. The van der Waals surface area contributed by atoms with E-state index in [1.807, 2.05) is 51.5 Å². The first-order valence-electron chi connectivity index (χ1n) is 8.37. The molecule has 0 aliphatic carbocycles. The summed E-state index contributed by atoms with van der Waals surface area (Å²) in [7, 11) is 5.95. The quantitative estimate of drug-likeness (QED) is 0.470. The van der Waals surface area contributed by atoms with Crippen LogP contribution >= 0.6 is 23.9 Å². The van der Waals surface area contributed by atoms with E-state index in [1.165, 1.54) is 0 Å². The molecular formula is C19H22N6S2. The van der Waals surface area contributed by atoms with Crippen LogP contribution in [0.25, 0.3) is 0 Å². The van der Waals surface area contributed by atoms with Crippen molar-refractivity contribution in [2.75, 3.05) is 31.8 Å². The van der Waals surface area contributed by atoms with Gasteiger partial charge in [-0.25, -0.2) is 9.97 Å². The molecule has 140 valence electrons. The van der Waals surface area contributed by atoms with Crippen LogP contribution < -0.4 is 15.4 Å². The molecule has 0 saturated heterocycles. The maximum Gasteiger partial charge on any atom is 0.135 e. The highest BCUT2D eigenvalue weighted by atomic mass is 32.2. The van der Waals surface area contributed by atoms with Crippen LogP contribution in [0.1, 0.15) is 0 Å². The lowest BCUT2D eigenvalue weighted by Gasteiger charge is -2.12. The lowest BCUT2D eigenvalue weighted by atomic mass is 10.3. The highest BCUT2D eigenvalue weighted by Crippen LogP contribution is 2.26. The highest BCUT2D eigenvalue weighted by molar-refractivity contribution is 7.97. The van der Waals surface area contributed by atoms with Crippen molar-refractivity contribution in [2.45, 2.75) is 9.79 Å². The topological polar surface area (TPSA) is 65.1 Å². The number of hydrogen-bond acceptors (Lipinski definition) is 8. The van der Waals surface area contributed by atoms with Crippen molar-refractivity contribution in [1.82, 2.24) is 19.0 Å². The molecule has 3 N–H and O–H groups in total. The van der Waals surface area contributed by atoms with Gasteiger partial charge in [0.25, 0.3) is 0 Å². The molecule has 2 aromatic carbocycles. The summed E-state index contributed by atoms with van der Waals surface area (Å²) in [5.74, 6) is 1.47. The van der Waals surface area contributed by atoms with Gasteiger partial charge in [-0.2, -0.15) is 0 Å². The molecule has 0 unspecified atom stereocenters. The number of rotatable bonds is 8. The molecule has 8 heteroatoms. The highest BCUT2D eigenvalue weighted by Gasteiger charge is 2.03. The first kappa shape index (κ1) is 19.5. The summed E-state index contributed by atoms with van der Waals surface area (Å²) < 4.78 is 5.14. The summed E-state index contributed by atoms with van der Waals surface area (Å²) in [6.07, 6.45) is 1.55. The van der Waals surface area contributed by atoms with Gasteiger partial charge in [-0.3, -0.25) is 9.03 Å². The SMILES string of the molecule is CNSc1cccc(Nc2cc(Nc3cccc(SN(C)C)c3)ncn2)c1. The van der Waals surface area contributed by atoms with Crippen LogP contribution in [0.5, 0.6) is 0 Å². The Labute approximate surface area is 168 Å². The molecule has 1 heterocycles. The second-order valence-corrected chi connectivity index (χ2v) is 8.27. The Kier molecular flexibility index (Phi) is 6.94. The summed E-state index contributed by atoms with van der Waals surface area (Å²) >= 11 is 3.24. The lowest BCUT2D eigenvalue weighted by molar-refractivity contribution is 0.703. The van der Waals surface area contributed by atoms with Gasteiger partial charge in [0.2, 0.25) is 0 Å². The largest absolute Gasteiger partial charge is 0.340 e. The molecule has 0 aliphatic rings. The molecular weight excluding hydrogens is 376 g/mol. The van der Waals surface area contributed by atoms with Gasteiger partial charge < -0.3 is 10.6 Å². The molecule has 0 fully saturated rings. The van der Waals surface area contributed by atoms with E-state index >= 15 is 0 Å². The summed E-state index contributed by atoms with van der Waals surface area (Å²) in [6.45, 7) is 0. The van der Waals surface area contributed by atoms with Crippen molar-refractivity contribution < 1.29 is 0 Å². The molecule has 0 bridgehead atoms. The van der Waals surface area contributed by atoms with Gasteiger partial charge in [0.05, 0.1) is 0 Å². The Hall–Kier alpha value is -2.26. The number of anilines is 4. The van der Waals surface area contributed by atoms with Gasteiger partial charge in [0.15, 0.2) is 0 Å². The minimum atomic E-state index is 0.734. The van der Waals surface area contributed by atoms with Gasteiger partial charge in [-0.15, -0.1) is 0 Å². The minimum absolute atomic E-state index is 0.734. The van der Waals surface area contributed by atoms with Crippen molar-refractivity contribution in [1.29, 1.82) is 0 Å². The average molecular weight is 399 g/mol. The lowest BCUT2D eigenvalue weighted by Crippen LogP contribution is -2.00. The molecule has 0 atom stereocenters. The third-order valence-electron chi connectivity index (χ3n) is 3.39. The first-order chi connectivity index (χ1) is 13.1. The second-order valence-electron chi connectivity index (χ2n) is 5.80. The number of nitrogens with one attached hydrogen (secondary N) is 3. The maximum absolute atomic E-state index is 4.32. The molecule has 0 saturated carbocycles. The minimum Gasteiger partial charge on any atom is -0.340 e. The summed E-state index contributed by atoms with van der Waals surface area (Å²) in [6, 6.07) is 18.3. The van der Waals surface area contributed by atoms with Gasteiger partial charge in [0, 0.05) is 27.2 Å². The van der Waals surface area contributed by atoms with Crippen LogP contribution in [-0.2, 0) is 0 Å². The van der Waals surface area contributed by atoms with Crippen LogP contribution in [0, 0.1) is 0 Å². The van der Waals surface area contributed by atoms with E-state index in [4.69, 9.17) is 0 Å². The third kappa shape index (κ3) is 6.14. The Morgan fingerprint density at radius 1 is 0.815 bits per heavy atom. The van der Waals surface area contributed by atoms with Gasteiger partial charge >= 0.3 is 0 Å². The van der Waals surface area contributed by atoms with Crippen LogP contribution in [0.15, 0.2) is 70.7 Å². The average Bonchev–Trinajstić information content (AvgIpc) is 2.62. The zero-order chi connectivity index (χ0) is 19.1. The van der Waals surface area contributed by atoms with Gasteiger partial charge in [-0.05, 0) is 81.4 Å². The van der Waals surface area contributed by atoms with E-state index in [0.717, 1.165) is 32.8 Å². The van der Waals surface area contributed by atoms with E-state index < -0.39 is 0 Å². The molecule has 6 nitrogen and oxygen atoms in total. The fourth-order valence-electron chi connectivity index (χ4n) is 2.39. The summed E-state index contributed by atoms with van der Waals surface area (Å²) in [5, 5.41) is 6.66. The normalized spacial score (nSPS) is 10.8. The monoisotopic (exact) mass is 398 g/mol. The first-order valence-corrected chi connectivity index (χ1v) is 9.96. The number of hydrogen-bond donors (Lipinski definition) is 3. The predicted molar refractivity (Wildman–Crippen MR) is 116 cm³/mol. The molecule has 0 radical (unpaired) electrons. The number of benzene rings is 2. The van der Waals surface area contributed by atoms with Crippen LogP contribution in [-0.4, -0.2) is 35.4 Å². The Balaban J connectivity index is 1.71. The smallest absolute Gasteiger partial charge is 0.135 e. The summed E-state index contributed by atoms with van der Waals surface area (Å²) in [5.41, 5.74) is 1.96. The van der Waals surface area contributed by atoms with Crippen LogP contribution in [0.2, 0.25) is 0 Å². The molecule has 3 aromatic rings. The second kappa shape index (κ2) is 9.61. The standard InChI is InChI=1S/C19H22N6S2/c1-20-26-16-8-4-6-14(10-16)23-18-12-19(22-13-21-18)24-15-7-5-9-17(11-15)27-25(2)3/h4-13,20H,1-3H3,(H2,21,22,23,24). The van der Waals surface area contributed by atoms with E-state index in [0.29, 0.717) is 0 Å². The van der Waals surface area contributed by atoms with Crippen LogP contribution in [0.3, 0.4) is 0 Å². The van der Waals surface area contributed by atoms with Gasteiger partial charge in [-0.1, -0.05) is 12.1 Å². The Bertz CT molecular complexity index is 887. The molecule has 1 aromatic heterocycles. The molecule has 0 spiro atoms. The Morgan fingerprint density at radius 3 is 2.00 bits per heavy atom. The summed E-state index contributed by atoms with van der Waals surface area (Å²) in [4.78, 5) is 10.9. The van der Waals surface area contributed by atoms with Crippen molar-refractivity contribution in [3.05, 3.63) is 60.9 Å². The Morgan fingerprint density at radius 2 is 1.41 bits per heavy atom. The van der Waals surface area contributed by atoms with E-state index in [-0.39, 0.29) is 0 Å². The fourth-order valence-corrected chi connectivity index (χ4v) is 3.70. The van der Waals surface area contributed by atoms with Crippen molar-refractivity contribution in [3.8, 4) is 0 Å². The zero-order valence-electron chi connectivity index (χ0n) is 15.4. The fraction of sp³-hybridized carbons (Fsp3) is 0.158. The number of nitrogens with zero attached hydrogens (tertiary/aromatic N) is 3. The molecule has 27 heavy (non-hydrogen) atoms. The van der Waals surface area contributed by atoms with E-state index in [1.54, 1.807) is 30.2 Å². The molecule has 3 rings (SSSR count). The maximum atomic E-state index is 4.32. The molecule has 0 amide bonds. The van der Waals surface area contributed by atoms with Crippen LogP contribution in [0.4, 0.5) is 23.0 Å².